The van der Waals surface area contributed by atoms with E-state index < -0.39 is 34.1 Å². The molecular formula is C9H14ClNO6. The minimum Gasteiger partial charge on any atom is -0.481 e. The van der Waals surface area contributed by atoms with Crippen molar-refractivity contribution in [2.75, 3.05) is 7.11 Å². The second kappa shape index (κ2) is 5.05. The summed E-state index contributed by atoms with van der Waals surface area (Å²) in [7, 11) is 1.35. The molecule has 0 saturated heterocycles. The number of carboxylic acid groups (broad SMARTS) is 1. The van der Waals surface area contributed by atoms with Crippen molar-refractivity contribution in [3.8, 4) is 0 Å². The van der Waals surface area contributed by atoms with Gasteiger partial charge in [-0.2, -0.15) is 0 Å². The molecule has 1 aliphatic rings. The lowest BCUT2D eigenvalue weighted by molar-refractivity contribution is -0.783. The minimum atomic E-state index is -1.40. The van der Waals surface area contributed by atoms with E-state index in [0.29, 0.717) is 0 Å². The molecule has 0 aromatic carbocycles. The first-order chi connectivity index (χ1) is 7.83. The smallest absolute Gasteiger partial charge is 0.306 e. The lowest BCUT2D eigenvalue weighted by atomic mass is 9.95. The van der Waals surface area contributed by atoms with Crippen molar-refractivity contribution in [1.82, 2.24) is 0 Å². The highest BCUT2D eigenvalue weighted by molar-refractivity contribution is 6.21. The number of carboxylic acids is 1. The third-order valence-corrected chi connectivity index (χ3v) is 3.53. The third-order valence-electron chi connectivity index (χ3n) is 3.16. The van der Waals surface area contributed by atoms with Crippen LogP contribution in [0.15, 0.2) is 0 Å². The summed E-state index contributed by atoms with van der Waals surface area (Å²) < 4.78 is 5.09. The Morgan fingerprint density at radius 2 is 2.29 bits per heavy atom. The van der Waals surface area contributed by atoms with Crippen molar-refractivity contribution in [1.29, 1.82) is 0 Å². The van der Waals surface area contributed by atoms with Gasteiger partial charge in [0.15, 0.2) is 5.60 Å². The minimum absolute atomic E-state index is 0.0352. The second-order valence-corrected chi connectivity index (χ2v) is 4.74. The van der Waals surface area contributed by atoms with E-state index in [4.69, 9.17) is 21.4 Å². The lowest BCUT2D eigenvalue weighted by Gasteiger charge is -2.34. The van der Waals surface area contributed by atoms with Gasteiger partial charge in [0.2, 0.25) is 0 Å². The highest BCUT2D eigenvalue weighted by atomic mass is 35.5. The molecule has 1 N–H and O–H groups in total. The average Bonchev–Trinajstić information content (AvgIpc) is 2.57. The average molecular weight is 268 g/mol. The van der Waals surface area contributed by atoms with Crippen LogP contribution in [0.2, 0.25) is 0 Å². The summed E-state index contributed by atoms with van der Waals surface area (Å²) in [5.74, 6) is -1.78. The standard InChI is InChI=1S/C9H14ClNO6/c1-5(10)9(17-11(14)15)4-6(8(12)13)3-7(9)16-2/h5-7H,3-4H2,1-2H3,(H,12,13)/t5-,6-,7+,9-/m1/s1. The number of rotatable bonds is 5. The summed E-state index contributed by atoms with van der Waals surface area (Å²) in [5.41, 5.74) is -1.40. The van der Waals surface area contributed by atoms with Crippen LogP contribution in [0.3, 0.4) is 0 Å². The Morgan fingerprint density at radius 1 is 1.71 bits per heavy atom. The fourth-order valence-corrected chi connectivity index (χ4v) is 2.54. The first kappa shape index (κ1) is 14.0. The van der Waals surface area contributed by atoms with Gasteiger partial charge in [-0.3, -0.25) is 4.79 Å². The molecule has 0 bridgehead atoms. The maximum Gasteiger partial charge on any atom is 0.306 e. The summed E-state index contributed by atoms with van der Waals surface area (Å²) >= 11 is 5.93. The molecular weight excluding hydrogens is 254 g/mol. The maximum atomic E-state index is 10.9. The number of nitrogens with zero attached hydrogens (tertiary/aromatic N) is 1. The van der Waals surface area contributed by atoms with E-state index in [0.717, 1.165) is 0 Å². The monoisotopic (exact) mass is 267 g/mol. The van der Waals surface area contributed by atoms with Crippen LogP contribution in [0.4, 0.5) is 0 Å². The molecule has 0 aliphatic heterocycles. The van der Waals surface area contributed by atoms with E-state index in [1.807, 2.05) is 0 Å². The number of halogens is 1. The SMILES string of the molecule is CO[C@H]1C[C@@H](C(=O)O)C[C@@]1(O[N+](=O)[O-])[C@@H](C)Cl. The van der Waals surface area contributed by atoms with Crippen LogP contribution in [0.1, 0.15) is 19.8 Å². The molecule has 17 heavy (non-hydrogen) atoms. The zero-order valence-corrected chi connectivity index (χ0v) is 10.2. The Bertz CT molecular complexity index is 323. The predicted molar refractivity (Wildman–Crippen MR) is 57.3 cm³/mol. The van der Waals surface area contributed by atoms with E-state index in [1.165, 1.54) is 14.0 Å². The van der Waals surface area contributed by atoms with Crippen LogP contribution < -0.4 is 0 Å². The quantitative estimate of drug-likeness (QED) is 0.454. The summed E-state index contributed by atoms with van der Waals surface area (Å²) in [6.07, 6.45) is -0.593. The van der Waals surface area contributed by atoms with Crippen molar-refractivity contribution in [3.63, 3.8) is 0 Å². The summed E-state index contributed by atoms with van der Waals surface area (Å²) in [4.78, 5) is 26.1. The largest absolute Gasteiger partial charge is 0.481 e. The molecule has 0 amide bonds. The maximum absolute atomic E-state index is 10.9. The van der Waals surface area contributed by atoms with E-state index >= 15 is 0 Å². The number of hydrogen-bond acceptors (Lipinski definition) is 5. The Balaban J connectivity index is 3.01. The Kier molecular flexibility index (Phi) is 4.16. The Morgan fingerprint density at radius 3 is 2.65 bits per heavy atom. The van der Waals surface area contributed by atoms with Gasteiger partial charge in [0.05, 0.1) is 17.4 Å². The molecule has 98 valence electrons. The van der Waals surface area contributed by atoms with Crippen molar-refractivity contribution >= 4 is 17.6 Å². The first-order valence-electron chi connectivity index (χ1n) is 5.06. The molecule has 1 rings (SSSR count). The van der Waals surface area contributed by atoms with E-state index in [2.05, 4.69) is 4.84 Å². The van der Waals surface area contributed by atoms with Crippen LogP contribution >= 0.6 is 11.6 Å². The van der Waals surface area contributed by atoms with Crippen molar-refractivity contribution in [3.05, 3.63) is 10.1 Å². The molecule has 7 nitrogen and oxygen atoms in total. The van der Waals surface area contributed by atoms with Crippen LogP contribution in [-0.4, -0.2) is 40.4 Å². The zero-order chi connectivity index (χ0) is 13.2. The summed E-state index contributed by atoms with van der Waals surface area (Å²) in [6.45, 7) is 1.53. The number of hydrogen-bond donors (Lipinski definition) is 1. The number of ether oxygens (including phenoxy) is 1. The lowest BCUT2D eigenvalue weighted by Crippen LogP contribution is -2.49. The van der Waals surface area contributed by atoms with Gasteiger partial charge < -0.3 is 14.7 Å². The van der Waals surface area contributed by atoms with E-state index in [-0.39, 0.29) is 12.8 Å². The molecule has 8 heteroatoms. The van der Waals surface area contributed by atoms with Gasteiger partial charge in [0.25, 0.3) is 5.09 Å². The first-order valence-corrected chi connectivity index (χ1v) is 5.50. The topological polar surface area (TPSA) is 98.9 Å². The van der Waals surface area contributed by atoms with Crippen LogP contribution in [0.25, 0.3) is 0 Å². The van der Waals surface area contributed by atoms with Crippen LogP contribution in [0.5, 0.6) is 0 Å². The normalized spacial score (nSPS) is 34.3. The van der Waals surface area contributed by atoms with E-state index in [1.54, 1.807) is 0 Å². The van der Waals surface area contributed by atoms with Gasteiger partial charge in [0, 0.05) is 7.11 Å². The van der Waals surface area contributed by atoms with Crippen molar-refractivity contribution in [2.45, 2.75) is 36.8 Å². The van der Waals surface area contributed by atoms with Gasteiger partial charge in [-0.15, -0.1) is 21.7 Å². The van der Waals surface area contributed by atoms with Crippen molar-refractivity contribution in [2.24, 2.45) is 5.92 Å². The second-order valence-electron chi connectivity index (χ2n) is 4.09. The molecule has 1 aliphatic carbocycles. The van der Waals surface area contributed by atoms with Gasteiger partial charge >= 0.3 is 5.97 Å². The fraction of sp³-hybridized carbons (Fsp3) is 0.889. The van der Waals surface area contributed by atoms with E-state index in [9.17, 15) is 14.9 Å². The summed E-state index contributed by atoms with van der Waals surface area (Å²) in [6, 6.07) is 0. The fourth-order valence-electron chi connectivity index (χ4n) is 2.27. The van der Waals surface area contributed by atoms with Gasteiger partial charge in [0.1, 0.15) is 0 Å². The molecule has 4 atom stereocenters. The highest BCUT2D eigenvalue weighted by Gasteiger charge is 2.56. The van der Waals surface area contributed by atoms with Gasteiger partial charge in [-0.1, -0.05) is 0 Å². The van der Waals surface area contributed by atoms with Gasteiger partial charge in [-0.25, -0.2) is 0 Å². The molecule has 0 aromatic heterocycles. The molecule has 1 saturated carbocycles. The number of carbonyl (C=O) groups is 1. The predicted octanol–water partition coefficient (Wildman–Crippen LogP) is 1.07. The Labute approximate surface area is 103 Å². The number of alkyl halides is 1. The molecule has 0 aromatic rings. The van der Waals surface area contributed by atoms with Crippen LogP contribution in [-0.2, 0) is 14.4 Å². The summed E-state index contributed by atoms with van der Waals surface area (Å²) in [5, 5.41) is 17.8. The van der Waals surface area contributed by atoms with Crippen LogP contribution in [0, 0.1) is 16.0 Å². The molecule has 0 spiro atoms. The molecule has 0 radical (unpaired) electrons. The molecule has 1 fully saturated rings. The highest BCUT2D eigenvalue weighted by Crippen LogP contribution is 2.43. The number of methoxy groups -OCH3 is 1. The molecule has 0 heterocycles. The van der Waals surface area contributed by atoms with Gasteiger partial charge in [-0.05, 0) is 19.8 Å². The Hall–Kier alpha value is -1.08. The number of aliphatic carboxylic acids is 1. The molecule has 0 unspecified atom stereocenters. The third kappa shape index (κ3) is 2.61. The zero-order valence-electron chi connectivity index (χ0n) is 9.46. The van der Waals surface area contributed by atoms with Crippen molar-refractivity contribution < 1.29 is 24.6 Å².